The number of aliphatic hydroxyl groups is 1. The minimum absolute atomic E-state index is 0. The third kappa shape index (κ3) is 7.33. The van der Waals surface area contributed by atoms with Crippen LogP contribution in [0.2, 0.25) is 0 Å². The predicted octanol–water partition coefficient (Wildman–Crippen LogP) is -1.25. The van der Waals surface area contributed by atoms with Crippen molar-refractivity contribution < 1.29 is 68.4 Å². The van der Waals surface area contributed by atoms with Gasteiger partial charge in [0, 0.05) is 33.6 Å². The van der Waals surface area contributed by atoms with Crippen LogP contribution < -0.4 is 0 Å². The molecule has 0 heterocycles. The van der Waals surface area contributed by atoms with Gasteiger partial charge in [-0.2, -0.15) is 0 Å². The number of aliphatic carboxylic acids is 3. The number of hydrogen-bond acceptors (Lipinski definition) is 4. The molecule has 0 aromatic heterocycles. The monoisotopic (exact) mass is 313 g/mol. The van der Waals surface area contributed by atoms with Gasteiger partial charge in [-0.25, -0.2) is 4.79 Å². The molecular formula is C6H8CuNiO7. The summed E-state index contributed by atoms with van der Waals surface area (Å²) in [6.45, 7) is 0. The minimum atomic E-state index is -2.74. The quantitative estimate of drug-likeness (QED) is 0.466. The van der Waals surface area contributed by atoms with Crippen molar-refractivity contribution in [1.82, 2.24) is 0 Å². The molecule has 0 aliphatic heterocycles. The topological polar surface area (TPSA) is 132 Å². The van der Waals surface area contributed by atoms with Crippen molar-refractivity contribution in [3.8, 4) is 0 Å². The van der Waals surface area contributed by atoms with Crippen molar-refractivity contribution >= 4 is 17.9 Å². The molecule has 0 rings (SSSR count). The van der Waals surface area contributed by atoms with Gasteiger partial charge < -0.3 is 20.4 Å². The largest absolute Gasteiger partial charge is 0.481 e. The molecule has 7 nitrogen and oxygen atoms in total. The van der Waals surface area contributed by atoms with Crippen molar-refractivity contribution in [2.75, 3.05) is 0 Å². The van der Waals surface area contributed by atoms with E-state index in [4.69, 9.17) is 20.4 Å². The molecule has 4 N–H and O–H groups in total. The maximum Gasteiger partial charge on any atom is 0.336 e. The van der Waals surface area contributed by atoms with Crippen molar-refractivity contribution in [2.24, 2.45) is 0 Å². The third-order valence-corrected chi connectivity index (χ3v) is 1.29. The smallest absolute Gasteiger partial charge is 0.336 e. The fourth-order valence-corrected chi connectivity index (χ4v) is 0.714. The van der Waals surface area contributed by atoms with Gasteiger partial charge >= 0.3 is 17.9 Å². The number of carboxylic acid groups (broad SMARTS) is 3. The molecule has 0 aliphatic carbocycles. The average molecular weight is 314 g/mol. The zero-order valence-electron chi connectivity index (χ0n) is 7.05. The second-order valence-corrected chi connectivity index (χ2v) is 2.48. The van der Waals surface area contributed by atoms with E-state index in [1.807, 2.05) is 0 Å². The Bertz CT molecular complexity index is 238. The fourth-order valence-electron chi connectivity index (χ4n) is 0.714. The first-order valence-corrected chi connectivity index (χ1v) is 3.17. The van der Waals surface area contributed by atoms with E-state index < -0.39 is 36.4 Å². The third-order valence-electron chi connectivity index (χ3n) is 1.29. The molecule has 0 unspecified atom stereocenters. The van der Waals surface area contributed by atoms with Crippen molar-refractivity contribution in [3.05, 3.63) is 0 Å². The summed E-state index contributed by atoms with van der Waals surface area (Å²) in [6.07, 6.45) is -2.29. The van der Waals surface area contributed by atoms with Gasteiger partial charge in [0.25, 0.3) is 0 Å². The summed E-state index contributed by atoms with van der Waals surface area (Å²) in [4.78, 5) is 30.5. The summed E-state index contributed by atoms with van der Waals surface area (Å²) in [6, 6.07) is 0. The molecule has 0 fully saturated rings. The first-order chi connectivity index (χ1) is 5.78. The first kappa shape index (κ1) is 19.9. The van der Waals surface area contributed by atoms with E-state index in [-0.39, 0.29) is 33.6 Å². The van der Waals surface area contributed by atoms with Gasteiger partial charge in [-0.3, -0.25) is 9.59 Å². The van der Waals surface area contributed by atoms with Gasteiger partial charge in [0.2, 0.25) is 0 Å². The molecule has 0 saturated carbocycles. The number of carboxylic acids is 3. The normalized spacial score (nSPS) is 9.40. The summed E-state index contributed by atoms with van der Waals surface area (Å²) < 4.78 is 0. The Balaban J connectivity index is -0.000000720. The second-order valence-electron chi connectivity index (χ2n) is 2.48. The second kappa shape index (κ2) is 7.65. The standard InChI is InChI=1S/C6H8O7.Cu.Ni/c7-3(8)1-6(13,5(11)12)2-4(9)10;;/h13H,1-2H2,(H,7,8)(H,9,10)(H,11,12);;. The molecule has 15 heavy (non-hydrogen) atoms. The number of carbonyl (C=O) groups is 3. The van der Waals surface area contributed by atoms with Crippen LogP contribution in [0, 0.1) is 0 Å². The summed E-state index contributed by atoms with van der Waals surface area (Å²) >= 11 is 0. The molecule has 0 bridgehead atoms. The van der Waals surface area contributed by atoms with Gasteiger partial charge in [-0.1, -0.05) is 0 Å². The van der Waals surface area contributed by atoms with E-state index >= 15 is 0 Å². The maximum atomic E-state index is 10.3. The Morgan fingerprint density at radius 3 is 1.33 bits per heavy atom. The molecule has 0 amide bonds. The van der Waals surface area contributed by atoms with Crippen molar-refractivity contribution in [3.63, 3.8) is 0 Å². The summed E-state index contributed by atoms with van der Waals surface area (Å²) in [7, 11) is 0. The van der Waals surface area contributed by atoms with Gasteiger partial charge in [0.1, 0.15) is 0 Å². The molecule has 0 spiro atoms. The number of rotatable bonds is 5. The Kier molecular flexibility index (Phi) is 10.1. The van der Waals surface area contributed by atoms with Crippen LogP contribution >= 0.6 is 0 Å². The Hall–Kier alpha value is -0.617. The molecular weight excluding hydrogens is 306 g/mol. The molecule has 0 saturated heterocycles. The Labute approximate surface area is 105 Å². The maximum absolute atomic E-state index is 10.3. The van der Waals surface area contributed by atoms with E-state index in [0.29, 0.717) is 0 Å². The first-order valence-electron chi connectivity index (χ1n) is 3.17. The molecule has 1 radical (unpaired) electrons. The SMILES string of the molecule is O=C(O)CC(O)(CC(=O)O)C(=O)O.[Cu].[Ni]. The van der Waals surface area contributed by atoms with E-state index in [9.17, 15) is 14.4 Å². The summed E-state index contributed by atoms with van der Waals surface area (Å²) in [5, 5.41) is 33.8. The van der Waals surface area contributed by atoms with E-state index in [1.54, 1.807) is 0 Å². The van der Waals surface area contributed by atoms with Gasteiger partial charge in [-0.15, -0.1) is 0 Å². The van der Waals surface area contributed by atoms with Gasteiger partial charge in [0.15, 0.2) is 5.60 Å². The van der Waals surface area contributed by atoms with Crippen LogP contribution in [0.3, 0.4) is 0 Å². The predicted molar refractivity (Wildman–Crippen MR) is 37.1 cm³/mol. The summed E-state index contributed by atoms with van der Waals surface area (Å²) in [5.41, 5.74) is -2.74. The van der Waals surface area contributed by atoms with Crippen molar-refractivity contribution in [1.29, 1.82) is 0 Å². The average Bonchev–Trinajstić information content (AvgIpc) is 1.82. The zero-order chi connectivity index (χ0) is 10.6. The molecule has 0 atom stereocenters. The van der Waals surface area contributed by atoms with Crippen LogP contribution in [0.5, 0.6) is 0 Å². The van der Waals surface area contributed by atoms with Crippen LogP contribution in [0.4, 0.5) is 0 Å². The van der Waals surface area contributed by atoms with Crippen LogP contribution in [-0.2, 0) is 47.9 Å². The fraction of sp³-hybridized carbons (Fsp3) is 0.500. The number of hydrogen-bond donors (Lipinski definition) is 4. The summed E-state index contributed by atoms with van der Waals surface area (Å²) in [5.74, 6) is -5.02. The van der Waals surface area contributed by atoms with Gasteiger partial charge in [-0.05, 0) is 0 Å². The van der Waals surface area contributed by atoms with E-state index in [1.165, 1.54) is 0 Å². The minimum Gasteiger partial charge on any atom is -0.481 e. The molecule has 0 aromatic carbocycles. The van der Waals surface area contributed by atoms with Crippen LogP contribution in [-0.4, -0.2) is 43.9 Å². The Morgan fingerprint density at radius 1 is 0.933 bits per heavy atom. The molecule has 9 heteroatoms. The van der Waals surface area contributed by atoms with Crippen LogP contribution in [0.25, 0.3) is 0 Å². The van der Waals surface area contributed by atoms with Gasteiger partial charge in [0.05, 0.1) is 12.8 Å². The Morgan fingerprint density at radius 2 is 1.20 bits per heavy atom. The zero-order valence-corrected chi connectivity index (χ0v) is 8.97. The van der Waals surface area contributed by atoms with Crippen LogP contribution in [0.15, 0.2) is 0 Å². The van der Waals surface area contributed by atoms with Crippen molar-refractivity contribution in [2.45, 2.75) is 18.4 Å². The molecule has 0 aromatic rings. The molecule has 0 aliphatic rings. The van der Waals surface area contributed by atoms with E-state index in [0.717, 1.165) is 0 Å². The van der Waals surface area contributed by atoms with E-state index in [2.05, 4.69) is 0 Å². The molecule has 95 valence electrons. The van der Waals surface area contributed by atoms with Crippen LogP contribution in [0.1, 0.15) is 12.8 Å².